The summed E-state index contributed by atoms with van der Waals surface area (Å²) in [5, 5.41) is 44.8. The summed E-state index contributed by atoms with van der Waals surface area (Å²) in [5.41, 5.74) is 15.5. The largest absolute Gasteiger partial charge is 0.387 e. The molecule has 12 heteroatoms. The molecule has 2 radical (unpaired) electrons. The first-order valence-corrected chi connectivity index (χ1v) is 53.3. The van der Waals surface area contributed by atoms with Crippen molar-refractivity contribution in [2.45, 2.75) is 38.9 Å². The number of aromatic nitrogens is 2. The summed E-state index contributed by atoms with van der Waals surface area (Å²) in [5.74, 6) is 0. The predicted molar refractivity (Wildman–Crippen MR) is 602 cm³/mol. The lowest BCUT2D eigenvalue weighted by molar-refractivity contribution is -0.107. The number of fused-ring (bicyclic) bond motifs is 18. The van der Waals surface area contributed by atoms with Crippen LogP contribution in [-0.4, -0.2) is 54.2 Å². The molecule has 0 unspecified atom stereocenters. The molecule has 6 aromatic heterocycles. The number of hydrogen-bond donors (Lipinski definition) is 2. The molecule has 660 valence electrons. The van der Waals surface area contributed by atoms with Gasteiger partial charge in [0.2, 0.25) is 0 Å². The molecule has 0 aliphatic carbocycles. The van der Waals surface area contributed by atoms with Crippen molar-refractivity contribution in [2.75, 3.05) is 9.80 Å². The molecular weight excluding hydrogens is 1810 g/mol. The van der Waals surface area contributed by atoms with E-state index in [0.717, 1.165) is 44.1 Å². The van der Waals surface area contributed by atoms with Gasteiger partial charge in [-0.25, -0.2) is 0 Å². The topological polar surface area (TPSA) is 55.8 Å². The van der Waals surface area contributed by atoms with Crippen LogP contribution in [0.5, 0.6) is 0 Å². The average molecular weight is 1910 g/mol. The van der Waals surface area contributed by atoms with E-state index in [-0.39, 0.29) is 0 Å². The van der Waals surface area contributed by atoms with Crippen LogP contribution in [0, 0.1) is 0 Å². The fourth-order valence-corrected chi connectivity index (χ4v) is 33.0. The Balaban J connectivity index is 0.000000124. The van der Waals surface area contributed by atoms with Crippen LogP contribution in [0.25, 0.3) is 128 Å². The van der Waals surface area contributed by atoms with Crippen LogP contribution in [-0.2, 0) is 0 Å². The lowest BCUT2D eigenvalue weighted by Gasteiger charge is -2.35. The minimum Gasteiger partial charge on any atom is -0.387 e. The third kappa shape index (κ3) is 15.2. The van der Waals surface area contributed by atoms with Crippen LogP contribution in [0.15, 0.2) is 490 Å². The number of nitrogens with zero attached hydrogens (tertiary/aromatic N) is 4. The zero-order valence-corrected chi connectivity index (χ0v) is 81.9. The van der Waals surface area contributed by atoms with E-state index in [2.05, 4.69) is 508 Å². The summed E-state index contributed by atoms with van der Waals surface area (Å²) in [6.45, 7) is 6.31. The second-order valence-corrected chi connectivity index (χ2v) is 47.5. The Bertz CT molecular complexity index is 8720. The number of aliphatic hydroxyl groups is 2. The molecule has 0 saturated carbocycles. The zero-order chi connectivity index (χ0) is 93.4. The fraction of sp³-hybridized carbons (Fsp3) is 0.0476. The highest BCUT2D eigenvalue weighted by Gasteiger charge is 2.43. The van der Waals surface area contributed by atoms with Crippen molar-refractivity contribution in [1.82, 2.24) is 8.80 Å². The van der Waals surface area contributed by atoms with Gasteiger partial charge in [0.05, 0.1) is 44.3 Å². The standard InChI is InChI=1S/C60H40N2SSi.C42H30BNSSi.C18H10BrN.C6H14O2/c1-4-15-46(16-5-1)64(47-17-6-2-7-18-47,48-19-8-3-9-20-48)49-35-32-44(33-36-49)61(45-34-37-52-51-22-11-13-26-58(51)63-59(52)40-45)43-30-27-41(28-31-43)42-29-38-57-55(39-42)54-24-14-23-53-50-21-10-12-25-56(50)62(57)60(53)54;43-31-20-22-32(23-21-31)44(34-26-29-40-39-18-10-11-19-41(39)45-42(40)30-34)33-24-27-38(28-25-33)46(35-12-4-1-5-13-35,36-14-6-2-7-15-36)37-16-8-3-9-17-37;19-11-8-9-17-15(10-11)14-6-3-5-13-12-4-1-2-7-16(12)20(17)18(13)14;1-5(2,7)6(3,4)8/h1-40H;1-30H;1-10H;7-8H,1-4H3. The third-order valence-corrected chi connectivity index (χ3v) is 40.5. The van der Waals surface area contributed by atoms with Gasteiger partial charge in [0, 0.05) is 122 Å². The Morgan fingerprint density at radius 2 is 0.500 bits per heavy atom. The van der Waals surface area contributed by atoms with Gasteiger partial charge in [-0.3, -0.25) is 0 Å². The summed E-state index contributed by atoms with van der Waals surface area (Å²) in [6.07, 6.45) is 0. The van der Waals surface area contributed by atoms with E-state index in [4.69, 9.17) is 18.1 Å². The van der Waals surface area contributed by atoms with Crippen molar-refractivity contribution in [2.24, 2.45) is 0 Å². The highest BCUT2D eigenvalue weighted by molar-refractivity contribution is 9.10. The van der Waals surface area contributed by atoms with E-state index in [9.17, 15) is 0 Å². The lowest BCUT2D eigenvalue weighted by atomic mass is 9.90. The van der Waals surface area contributed by atoms with Gasteiger partial charge < -0.3 is 28.8 Å². The Morgan fingerprint density at radius 1 is 0.232 bits per heavy atom. The normalized spacial score (nSPS) is 12.1. The summed E-state index contributed by atoms with van der Waals surface area (Å²) >= 11 is 7.29. The highest BCUT2D eigenvalue weighted by atomic mass is 79.9. The molecule has 0 spiro atoms. The highest BCUT2D eigenvalue weighted by Crippen LogP contribution is 2.47. The van der Waals surface area contributed by atoms with Gasteiger partial charge in [0.25, 0.3) is 0 Å². The van der Waals surface area contributed by atoms with Crippen molar-refractivity contribution in [3.63, 3.8) is 0 Å². The van der Waals surface area contributed by atoms with Crippen LogP contribution >= 0.6 is 38.6 Å². The number of rotatable bonds is 16. The Kier molecular flexibility index (Phi) is 22.6. The van der Waals surface area contributed by atoms with Crippen LogP contribution < -0.4 is 56.8 Å². The molecule has 0 saturated heterocycles. The van der Waals surface area contributed by atoms with Crippen LogP contribution in [0.4, 0.5) is 34.1 Å². The molecule has 0 atom stereocenters. The SMILES string of the molecule is Brc1ccc2c(c1)c1cccc3c4ccccc4n2c31.CC(C)(O)C(C)(C)O.[B]c1ccc(N(c2ccc([Si](c3ccccc3)(c3ccccc3)c3ccccc3)cc2)c2ccc3c(c2)sc2ccccc23)cc1.c1ccc([Si](c2ccccc2)(c2ccccc2)c2ccc(N(c3ccc(-c4ccc5c(c4)c4cccc6c7ccccc7n5c64)cc3)c3ccc4c(c3)sc3ccccc34)cc2)cc1. The molecule has 26 rings (SSSR count). The Labute approximate surface area is 822 Å². The second kappa shape index (κ2) is 35.9. The number of hydrogen-bond acceptors (Lipinski definition) is 6. The van der Waals surface area contributed by atoms with Crippen LogP contribution in [0.2, 0.25) is 0 Å². The van der Waals surface area contributed by atoms with E-state index in [1.54, 1.807) is 27.7 Å². The van der Waals surface area contributed by atoms with Crippen molar-refractivity contribution in [3.8, 4) is 11.1 Å². The van der Waals surface area contributed by atoms with Crippen molar-refractivity contribution >= 4 is 260 Å². The molecule has 0 fully saturated rings. The number of benzene rings is 20. The third-order valence-electron chi connectivity index (χ3n) is 28.1. The number of halogens is 1. The smallest absolute Gasteiger partial charge is 0.179 e. The van der Waals surface area contributed by atoms with Crippen molar-refractivity contribution < 1.29 is 10.2 Å². The van der Waals surface area contributed by atoms with E-state index >= 15 is 0 Å². The van der Waals surface area contributed by atoms with E-state index in [1.165, 1.54) is 169 Å². The van der Waals surface area contributed by atoms with Crippen LogP contribution in [0.3, 0.4) is 0 Å². The second-order valence-electron chi connectivity index (χ2n) is 36.8. The van der Waals surface area contributed by atoms with Crippen LogP contribution in [0.1, 0.15) is 27.7 Å². The molecular formula is C126H94BBrN4O2S2Si2. The first-order chi connectivity index (χ1) is 67.5. The first kappa shape index (κ1) is 87.0. The van der Waals surface area contributed by atoms with Gasteiger partial charge in [-0.2, -0.15) is 0 Å². The number of para-hydroxylation sites is 4. The Hall–Kier alpha value is -15.1. The molecule has 138 heavy (non-hydrogen) atoms. The molecule has 0 aliphatic heterocycles. The molecule has 0 aliphatic rings. The first-order valence-electron chi connectivity index (χ1n) is 46.9. The zero-order valence-electron chi connectivity index (χ0n) is 76.6. The number of thiophene rings is 2. The predicted octanol–water partition coefficient (Wildman–Crippen LogP) is 27.5. The number of anilines is 6. The summed E-state index contributed by atoms with van der Waals surface area (Å²) < 4.78 is 11.1. The van der Waals surface area contributed by atoms with Gasteiger partial charge in [0.15, 0.2) is 16.1 Å². The minimum absolute atomic E-state index is 0.753. The lowest BCUT2D eigenvalue weighted by Crippen LogP contribution is -2.74. The molecule has 0 amide bonds. The molecule has 26 aromatic rings. The molecule has 20 aromatic carbocycles. The monoisotopic (exact) mass is 1900 g/mol. The van der Waals surface area contributed by atoms with Gasteiger partial charge >= 0.3 is 0 Å². The van der Waals surface area contributed by atoms with Gasteiger partial charge in [0.1, 0.15) is 7.85 Å². The van der Waals surface area contributed by atoms with Crippen molar-refractivity contribution in [1.29, 1.82) is 0 Å². The van der Waals surface area contributed by atoms with Crippen molar-refractivity contribution in [3.05, 3.63) is 490 Å². The molecule has 6 heterocycles. The Morgan fingerprint density at radius 3 is 0.870 bits per heavy atom. The van der Waals surface area contributed by atoms with E-state index in [1.807, 2.05) is 34.8 Å². The summed E-state index contributed by atoms with van der Waals surface area (Å²) in [6, 6.07) is 178. The summed E-state index contributed by atoms with van der Waals surface area (Å²) in [7, 11) is 0.843. The van der Waals surface area contributed by atoms with E-state index in [0.29, 0.717) is 0 Å². The molecule has 6 nitrogen and oxygen atoms in total. The van der Waals surface area contributed by atoms with E-state index < -0.39 is 27.3 Å². The minimum atomic E-state index is -2.69. The van der Waals surface area contributed by atoms with Gasteiger partial charge in [-0.15, -0.1) is 22.7 Å². The van der Waals surface area contributed by atoms with Gasteiger partial charge in [-0.05, 0) is 208 Å². The quantitative estimate of drug-likeness (QED) is 0.0748. The maximum Gasteiger partial charge on any atom is 0.179 e. The maximum absolute atomic E-state index is 9.10. The molecule has 2 N–H and O–H groups in total. The summed E-state index contributed by atoms with van der Waals surface area (Å²) in [4.78, 5) is 4.76. The fourth-order valence-electron chi connectivity index (χ4n) is 20.9. The molecule has 0 bridgehead atoms. The average Bonchev–Trinajstić information content (AvgIpc) is 1.49. The maximum atomic E-state index is 9.10. The van der Waals surface area contributed by atoms with Gasteiger partial charge in [-0.1, -0.05) is 379 Å².